The third kappa shape index (κ3) is 3.33. The number of nitrogens with zero attached hydrogens (tertiary/aromatic N) is 3. The molecule has 0 saturated carbocycles. The van der Waals surface area contributed by atoms with Crippen molar-refractivity contribution >= 4 is 17.2 Å². The van der Waals surface area contributed by atoms with Gasteiger partial charge in [-0.15, -0.1) is 11.3 Å². The topological polar surface area (TPSA) is 50.7 Å². The maximum atomic E-state index is 4.69. The maximum absolute atomic E-state index is 4.69. The van der Waals surface area contributed by atoms with E-state index in [0.29, 0.717) is 5.82 Å². The van der Waals surface area contributed by atoms with Crippen molar-refractivity contribution in [1.82, 2.24) is 15.0 Å². The molecule has 108 valence electrons. The van der Waals surface area contributed by atoms with Crippen molar-refractivity contribution in [3.05, 3.63) is 22.1 Å². The molecule has 5 heteroatoms. The summed E-state index contributed by atoms with van der Waals surface area (Å²) in [5, 5.41) is 6.26. The van der Waals surface area contributed by atoms with Crippen LogP contribution in [0.5, 0.6) is 0 Å². The highest BCUT2D eigenvalue weighted by molar-refractivity contribution is 7.10. The SMILES string of the molecule is CCCc1cc(NC)nc(-c2csc(C(C)(C)C)n2)n1. The van der Waals surface area contributed by atoms with Crippen LogP contribution in [0.25, 0.3) is 11.5 Å². The fourth-order valence-electron chi connectivity index (χ4n) is 1.85. The molecule has 0 aliphatic heterocycles. The molecule has 0 aliphatic rings. The molecule has 0 spiro atoms. The standard InChI is InChI=1S/C15H22N4S/c1-6-7-10-8-12(16-5)19-13(17-10)11-9-20-14(18-11)15(2,3)4/h8-9H,6-7H2,1-5H3,(H,16,17,19). The largest absolute Gasteiger partial charge is 0.373 e. The van der Waals surface area contributed by atoms with Crippen molar-refractivity contribution in [1.29, 1.82) is 0 Å². The van der Waals surface area contributed by atoms with Crippen LogP contribution in [-0.4, -0.2) is 22.0 Å². The van der Waals surface area contributed by atoms with Crippen LogP contribution in [-0.2, 0) is 11.8 Å². The monoisotopic (exact) mass is 290 g/mol. The Labute approximate surface area is 124 Å². The fourth-order valence-corrected chi connectivity index (χ4v) is 2.73. The molecule has 1 N–H and O–H groups in total. The van der Waals surface area contributed by atoms with E-state index in [1.54, 1.807) is 11.3 Å². The molecule has 0 amide bonds. The lowest BCUT2D eigenvalue weighted by Crippen LogP contribution is -2.10. The Hall–Kier alpha value is -1.49. The zero-order valence-electron chi connectivity index (χ0n) is 12.8. The van der Waals surface area contributed by atoms with Gasteiger partial charge >= 0.3 is 0 Å². The van der Waals surface area contributed by atoms with Crippen LogP contribution < -0.4 is 5.32 Å². The van der Waals surface area contributed by atoms with Gasteiger partial charge in [0.2, 0.25) is 0 Å². The molecule has 0 fully saturated rings. The van der Waals surface area contributed by atoms with Gasteiger partial charge in [-0.25, -0.2) is 15.0 Å². The molecule has 0 radical (unpaired) electrons. The Morgan fingerprint density at radius 2 is 1.95 bits per heavy atom. The van der Waals surface area contributed by atoms with Gasteiger partial charge in [0.05, 0.1) is 5.01 Å². The molecule has 2 aromatic heterocycles. The first-order chi connectivity index (χ1) is 9.44. The van der Waals surface area contributed by atoms with E-state index in [4.69, 9.17) is 4.98 Å². The second-order valence-electron chi connectivity index (χ2n) is 5.86. The number of rotatable bonds is 4. The van der Waals surface area contributed by atoms with E-state index in [-0.39, 0.29) is 5.41 Å². The highest BCUT2D eigenvalue weighted by Gasteiger charge is 2.19. The molecule has 20 heavy (non-hydrogen) atoms. The van der Waals surface area contributed by atoms with Crippen LogP contribution in [0.3, 0.4) is 0 Å². The van der Waals surface area contributed by atoms with Crippen molar-refractivity contribution in [2.75, 3.05) is 12.4 Å². The first-order valence-electron chi connectivity index (χ1n) is 6.96. The normalized spacial score (nSPS) is 11.7. The predicted molar refractivity (Wildman–Crippen MR) is 85.4 cm³/mol. The minimum Gasteiger partial charge on any atom is -0.373 e. The lowest BCUT2D eigenvalue weighted by Gasteiger charge is -2.13. The van der Waals surface area contributed by atoms with E-state index >= 15 is 0 Å². The summed E-state index contributed by atoms with van der Waals surface area (Å²) in [6, 6.07) is 2.00. The molecule has 0 aliphatic carbocycles. The molecule has 0 unspecified atom stereocenters. The smallest absolute Gasteiger partial charge is 0.181 e. The summed E-state index contributed by atoms with van der Waals surface area (Å²) in [6.07, 6.45) is 2.03. The highest BCUT2D eigenvalue weighted by Crippen LogP contribution is 2.29. The predicted octanol–water partition coefficient (Wildman–Crippen LogP) is 3.89. The van der Waals surface area contributed by atoms with Crippen LogP contribution in [0.4, 0.5) is 5.82 Å². The quantitative estimate of drug-likeness (QED) is 0.928. The number of aromatic nitrogens is 3. The van der Waals surface area contributed by atoms with Gasteiger partial charge in [-0.05, 0) is 6.42 Å². The number of thiazole rings is 1. The summed E-state index contributed by atoms with van der Waals surface area (Å²) in [5.74, 6) is 1.57. The van der Waals surface area contributed by atoms with E-state index in [1.165, 1.54) is 0 Å². The van der Waals surface area contributed by atoms with E-state index in [0.717, 1.165) is 35.1 Å². The highest BCUT2D eigenvalue weighted by atomic mass is 32.1. The average Bonchev–Trinajstić information content (AvgIpc) is 2.88. The second kappa shape index (κ2) is 5.87. The minimum atomic E-state index is 0.0653. The summed E-state index contributed by atoms with van der Waals surface area (Å²) in [5.41, 5.74) is 2.00. The molecule has 4 nitrogen and oxygen atoms in total. The summed E-state index contributed by atoms with van der Waals surface area (Å²) in [6.45, 7) is 8.66. The Balaban J connectivity index is 2.41. The van der Waals surface area contributed by atoms with Gasteiger partial charge in [0.1, 0.15) is 11.5 Å². The molecule has 0 aromatic carbocycles. The molecular formula is C15H22N4S. The Kier molecular flexibility index (Phi) is 4.38. The van der Waals surface area contributed by atoms with Crippen molar-refractivity contribution < 1.29 is 0 Å². The van der Waals surface area contributed by atoms with Crippen molar-refractivity contribution in [2.24, 2.45) is 0 Å². The van der Waals surface area contributed by atoms with Crippen LogP contribution >= 0.6 is 11.3 Å². The van der Waals surface area contributed by atoms with Crippen molar-refractivity contribution in [3.8, 4) is 11.5 Å². The van der Waals surface area contributed by atoms with Gasteiger partial charge in [0, 0.05) is 29.6 Å². The van der Waals surface area contributed by atoms with Gasteiger partial charge < -0.3 is 5.32 Å². The maximum Gasteiger partial charge on any atom is 0.181 e. The van der Waals surface area contributed by atoms with E-state index in [9.17, 15) is 0 Å². The van der Waals surface area contributed by atoms with Gasteiger partial charge in [-0.2, -0.15) is 0 Å². The second-order valence-corrected chi connectivity index (χ2v) is 6.71. The van der Waals surface area contributed by atoms with Crippen LogP contribution in [0.15, 0.2) is 11.4 Å². The van der Waals surface area contributed by atoms with Crippen LogP contribution in [0.2, 0.25) is 0 Å². The number of hydrogen-bond acceptors (Lipinski definition) is 5. The Morgan fingerprint density at radius 1 is 1.20 bits per heavy atom. The molecule has 2 heterocycles. The summed E-state index contributed by atoms with van der Waals surface area (Å²) in [4.78, 5) is 13.8. The summed E-state index contributed by atoms with van der Waals surface area (Å²) in [7, 11) is 1.88. The summed E-state index contributed by atoms with van der Waals surface area (Å²) >= 11 is 1.67. The molecule has 0 bridgehead atoms. The van der Waals surface area contributed by atoms with E-state index in [1.807, 2.05) is 18.5 Å². The first-order valence-corrected chi connectivity index (χ1v) is 7.84. The number of anilines is 1. The fraction of sp³-hybridized carbons (Fsp3) is 0.533. The lowest BCUT2D eigenvalue weighted by molar-refractivity contribution is 0.586. The van der Waals surface area contributed by atoms with E-state index < -0.39 is 0 Å². The van der Waals surface area contributed by atoms with Crippen molar-refractivity contribution in [3.63, 3.8) is 0 Å². The number of nitrogens with one attached hydrogen (secondary N) is 1. The zero-order chi connectivity index (χ0) is 14.8. The van der Waals surface area contributed by atoms with Crippen molar-refractivity contribution in [2.45, 2.75) is 46.0 Å². The van der Waals surface area contributed by atoms with Crippen LogP contribution in [0.1, 0.15) is 44.8 Å². The van der Waals surface area contributed by atoms with Gasteiger partial charge in [0.15, 0.2) is 5.82 Å². The lowest BCUT2D eigenvalue weighted by atomic mass is 9.98. The van der Waals surface area contributed by atoms with E-state index in [2.05, 4.69) is 43.0 Å². The van der Waals surface area contributed by atoms with Crippen LogP contribution in [0, 0.1) is 0 Å². The average molecular weight is 290 g/mol. The molecular weight excluding hydrogens is 268 g/mol. The molecule has 0 atom stereocenters. The van der Waals surface area contributed by atoms with Gasteiger partial charge in [-0.3, -0.25) is 0 Å². The number of hydrogen-bond donors (Lipinski definition) is 1. The zero-order valence-corrected chi connectivity index (χ0v) is 13.6. The molecule has 2 rings (SSSR count). The minimum absolute atomic E-state index is 0.0653. The Bertz CT molecular complexity index is 584. The Morgan fingerprint density at radius 3 is 2.50 bits per heavy atom. The third-order valence-corrected chi connectivity index (χ3v) is 4.18. The molecule has 0 saturated heterocycles. The van der Waals surface area contributed by atoms with Gasteiger partial charge in [0.25, 0.3) is 0 Å². The number of aryl methyl sites for hydroxylation is 1. The third-order valence-electron chi connectivity index (χ3n) is 2.92. The summed E-state index contributed by atoms with van der Waals surface area (Å²) < 4.78 is 0. The first kappa shape index (κ1) is 14.9. The van der Waals surface area contributed by atoms with Gasteiger partial charge in [-0.1, -0.05) is 34.1 Å². The molecule has 2 aromatic rings.